The summed E-state index contributed by atoms with van der Waals surface area (Å²) in [5.41, 5.74) is 0.991. The van der Waals surface area contributed by atoms with E-state index in [-0.39, 0.29) is 17.9 Å². The summed E-state index contributed by atoms with van der Waals surface area (Å²) in [7, 11) is 0. The fourth-order valence-corrected chi connectivity index (χ4v) is 4.06. The number of ether oxygens (including phenoxy) is 1. The number of hydrogen-bond acceptors (Lipinski definition) is 4. The average Bonchev–Trinajstić information content (AvgIpc) is 2.83. The van der Waals surface area contributed by atoms with E-state index in [9.17, 15) is 14.4 Å². The Labute approximate surface area is 217 Å². The van der Waals surface area contributed by atoms with Crippen LogP contribution >= 0.6 is 11.6 Å². The summed E-state index contributed by atoms with van der Waals surface area (Å²) < 4.78 is 5.45. The minimum absolute atomic E-state index is 0.243. The largest absolute Gasteiger partial charge is 0.444 e. The van der Waals surface area contributed by atoms with Crippen molar-refractivity contribution in [1.29, 1.82) is 0 Å². The maximum absolute atomic E-state index is 13.1. The van der Waals surface area contributed by atoms with E-state index >= 15 is 0 Å². The van der Waals surface area contributed by atoms with Crippen LogP contribution in [0.1, 0.15) is 39.2 Å². The number of piperidine rings is 1. The van der Waals surface area contributed by atoms with E-state index in [1.165, 1.54) is 0 Å². The minimum Gasteiger partial charge on any atom is -0.444 e. The molecular weight excluding hydrogens is 480 g/mol. The molecule has 1 aliphatic rings. The first-order chi connectivity index (χ1) is 17.1. The Kier molecular flexibility index (Phi) is 9.58. The van der Waals surface area contributed by atoms with Crippen LogP contribution in [0.25, 0.3) is 0 Å². The summed E-state index contributed by atoms with van der Waals surface area (Å²) in [4.78, 5) is 39.7. The molecule has 1 atom stereocenters. The van der Waals surface area contributed by atoms with Gasteiger partial charge in [-0.2, -0.15) is 0 Å². The van der Waals surface area contributed by atoms with Crippen LogP contribution in [0, 0.1) is 5.92 Å². The van der Waals surface area contributed by atoms with E-state index < -0.39 is 17.7 Å². The van der Waals surface area contributed by atoms with Crippen molar-refractivity contribution in [3.63, 3.8) is 0 Å². The molecule has 1 aliphatic heterocycles. The number of carbonyl (C=O) groups excluding carboxylic acids is 3. The van der Waals surface area contributed by atoms with Crippen LogP contribution in [0.5, 0.6) is 0 Å². The van der Waals surface area contributed by atoms with Crippen molar-refractivity contribution in [2.45, 2.75) is 51.7 Å². The maximum Gasteiger partial charge on any atom is 0.410 e. The van der Waals surface area contributed by atoms with Crippen LogP contribution in [0.3, 0.4) is 0 Å². The molecule has 1 saturated heterocycles. The van der Waals surface area contributed by atoms with E-state index in [2.05, 4.69) is 16.0 Å². The predicted molar refractivity (Wildman–Crippen MR) is 141 cm³/mol. The number of rotatable bonds is 7. The second-order valence-electron chi connectivity index (χ2n) is 10.0. The molecule has 194 valence electrons. The molecule has 0 bridgehead atoms. The lowest BCUT2D eigenvalue weighted by atomic mass is 9.96. The summed E-state index contributed by atoms with van der Waals surface area (Å²) in [6, 6.07) is 15.1. The standard InChI is InChI=1S/C27H35ClN4O4/c1-27(2,3)36-26(35)32-15-13-20(14-16-32)18-29-24(33)23(17-19-7-5-4-6-8-19)31-25(34)30-22-11-9-21(28)10-12-22/h4-12,20,23H,13-18H2,1-3H3,(H,29,33)(H2,30,31,34)/t23-/m0/s1. The molecule has 0 spiro atoms. The van der Waals surface area contributed by atoms with Crippen molar-refractivity contribution in [2.24, 2.45) is 5.92 Å². The highest BCUT2D eigenvalue weighted by atomic mass is 35.5. The summed E-state index contributed by atoms with van der Waals surface area (Å²) in [5.74, 6) is -0.00686. The molecule has 3 N–H and O–H groups in total. The third-order valence-corrected chi connectivity index (χ3v) is 6.09. The van der Waals surface area contributed by atoms with Gasteiger partial charge in [0.1, 0.15) is 11.6 Å². The monoisotopic (exact) mass is 514 g/mol. The number of amides is 4. The number of nitrogens with one attached hydrogen (secondary N) is 3. The van der Waals surface area contributed by atoms with Gasteiger partial charge in [0.25, 0.3) is 0 Å². The van der Waals surface area contributed by atoms with Crippen LogP contribution in [0.15, 0.2) is 54.6 Å². The Morgan fingerprint density at radius 3 is 2.28 bits per heavy atom. The summed E-state index contributed by atoms with van der Waals surface area (Å²) in [6.45, 7) is 7.20. The lowest BCUT2D eigenvalue weighted by Crippen LogP contribution is -2.51. The van der Waals surface area contributed by atoms with Gasteiger partial charge < -0.3 is 25.6 Å². The van der Waals surface area contributed by atoms with Crippen molar-refractivity contribution >= 4 is 35.3 Å². The molecule has 0 aliphatic carbocycles. The Morgan fingerprint density at radius 1 is 1.03 bits per heavy atom. The molecule has 8 nitrogen and oxygen atoms in total. The van der Waals surface area contributed by atoms with Crippen molar-refractivity contribution < 1.29 is 19.1 Å². The molecular formula is C27H35ClN4O4. The summed E-state index contributed by atoms with van der Waals surface area (Å²) in [5, 5.41) is 9.10. The highest BCUT2D eigenvalue weighted by molar-refractivity contribution is 6.30. The molecule has 36 heavy (non-hydrogen) atoms. The van der Waals surface area contributed by atoms with Crippen LogP contribution in [-0.2, 0) is 16.0 Å². The SMILES string of the molecule is CC(C)(C)OC(=O)N1CCC(CNC(=O)[C@H](Cc2ccccc2)NC(=O)Nc2ccc(Cl)cc2)CC1. The second kappa shape index (κ2) is 12.6. The molecule has 2 aromatic carbocycles. The number of anilines is 1. The van der Waals surface area contributed by atoms with Crippen molar-refractivity contribution in [3.05, 3.63) is 65.2 Å². The van der Waals surface area contributed by atoms with Gasteiger partial charge >= 0.3 is 12.1 Å². The van der Waals surface area contributed by atoms with Crippen LogP contribution < -0.4 is 16.0 Å². The number of urea groups is 1. The number of nitrogens with zero attached hydrogens (tertiary/aromatic N) is 1. The fourth-order valence-electron chi connectivity index (χ4n) is 3.93. The third kappa shape index (κ3) is 9.07. The van der Waals surface area contributed by atoms with Gasteiger partial charge in [0.15, 0.2) is 0 Å². The first kappa shape index (κ1) is 27.3. The predicted octanol–water partition coefficient (Wildman–Crippen LogP) is 4.84. The van der Waals surface area contributed by atoms with Gasteiger partial charge in [-0.3, -0.25) is 4.79 Å². The van der Waals surface area contributed by atoms with Gasteiger partial charge in [0, 0.05) is 36.8 Å². The van der Waals surface area contributed by atoms with Crippen LogP contribution in [0.2, 0.25) is 5.02 Å². The van der Waals surface area contributed by atoms with E-state index in [1.807, 2.05) is 51.1 Å². The molecule has 9 heteroatoms. The van der Waals surface area contributed by atoms with Gasteiger partial charge in [0.05, 0.1) is 0 Å². The normalized spacial score (nSPS) is 15.1. The zero-order valence-corrected chi connectivity index (χ0v) is 21.8. The van der Waals surface area contributed by atoms with Gasteiger partial charge in [-0.15, -0.1) is 0 Å². The Hall–Kier alpha value is -3.26. The zero-order chi connectivity index (χ0) is 26.1. The van der Waals surface area contributed by atoms with Crippen LogP contribution in [-0.4, -0.2) is 54.2 Å². The highest BCUT2D eigenvalue weighted by Crippen LogP contribution is 2.19. The maximum atomic E-state index is 13.1. The first-order valence-electron chi connectivity index (χ1n) is 12.2. The van der Waals surface area contributed by atoms with Crippen molar-refractivity contribution in [3.8, 4) is 0 Å². The van der Waals surface area contributed by atoms with Gasteiger partial charge in [-0.1, -0.05) is 41.9 Å². The molecule has 0 aromatic heterocycles. The average molecular weight is 515 g/mol. The topological polar surface area (TPSA) is 99.8 Å². The molecule has 2 aromatic rings. The summed E-state index contributed by atoms with van der Waals surface area (Å²) >= 11 is 5.91. The molecule has 1 fully saturated rings. The quantitative estimate of drug-likeness (QED) is 0.492. The Balaban J connectivity index is 1.53. The van der Waals surface area contributed by atoms with E-state index in [1.54, 1.807) is 29.2 Å². The first-order valence-corrected chi connectivity index (χ1v) is 12.6. The third-order valence-electron chi connectivity index (χ3n) is 5.84. The molecule has 0 unspecified atom stereocenters. The number of hydrogen-bond donors (Lipinski definition) is 3. The van der Waals surface area contributed by atoms with Gasteiger partial charge in [-0.05, 0) is 69.4 Å². The highest BCUT2D eigenvalue weighted by Gasteiger charge is 2.28. The number of likely N-dealkylation sites (tertiary alicyclic amines) is 1. The fraction of sp³-hybridized carbons (Fsp3) is 0.444. The van der Waals surface area contributed by atoms with Gasteiger partial charge in [-0.25, -0.2) is 9.59 Å². The van der Waals surface area contributed by atoms with Crippen molar-refractivity contribution in [2.75, 3.05) is 25.0 Å². The molecule has 1 heterocycles. The molecule has 3 rings (SSSR count). The van der Waals surface area contributed by atoms with E-state index in [0.717, 1.165) is 18.4 Å². The second-order valence-corrected chi connectivity index (χ2v) is 10.4. The number of halogens is 1. The molecule has 4 amide bonds. The number of benzene rings is 2. The number of carbonyl (C=O) groups is 3. The minimum atomic E-state index is -0.749. The molecule has 0 saturated carbocycles. The lowest BCUT2D eigenvalue weighted by Gasteiger charge is -2.33. The van der Waals surface area contributed by atoms with Crippen LogP contribution in [0.4, 0.5) is 15.3 Å². The van der Waals surface area contributed by atoms with Crippen molar-refractivity contribution in [1.82, 2.24) is 15.5 Å². The summed E-state index contributed by atoms with van der Waals surface area (Å²) in [6.07, 6.45) is 1.60. The molecule has 0 radical (unpaired) electrons. The zero-order valence-electron chi connectivity index (χ0n) is 21.1. The van der Waals surface area contributed by atoms with E-state index in [4.69, 9.17) is 16.3 Å². The van der Waals surface area contributed by atoms with Gasteiger partial charge in [0.2, 0.25) is 5.91 Å². The Bertz CT molecular complexity index is 1020. The van der Waals surface area contributed by atoms with E-state index in [0.29, 0.717) is 36.8 Å². The lowest BCUT2D eigenvalue weighted by molar-refractivity contribution is -0.123. The smallest absolute Gasteiger partial charge is 0.410 e. The Morgan fingerprint density at radius 2 is 1.67 bits per heavy atom.